The van der Waals surface area contributed by atoms with Crippen LogP contribution in [0.2, 0.25) is 0 Å². The Morgan fingerprint density at radius 3 is 1.63 bits per heavy atom. The number of aryl methyl sites for hydroxylation is 1. The average Bonchev–Trinajstić information content (AvgIpc) is 3.18. The molecule has 0 aliphatic rings. The molecule has 0 aliphatic heterocycles. The van der Waals surface area contributed by atoms with E-state index in [4.69, 9.17) is 14.2 Å². The Bertz CT molecular complexity index is 1450. The van der Waals surface area contributed by atoms with Crippen molar-refractivity contribution < 1.29 is 24.1 Å². The van der Waals surface area contributed by atoms with E-state index in [1.807, 2.05) is 18.2 Å². The van der Waals surface area contributed by atoms with Gasteiger partial charge in [0.15, 0.2) is 11.5 Å². The fourth-order valence-electron chi connectivity index (χ4n) is 6.55. The molecular formula is C48H71NO5. The third-order valence-electron chi connectivity index (χ3n) is 10.0. The first kappa shape index (κ1) is 44.6. The van der Waals surface area contributed by atoms with Crippen molar-refractivity contribution in [1.29, 1.82) is 0 Å². The summed E-state index contributed by atoms with van der Waals surface area (Å²) in [6, 6.07) is 18.2. The molecule has 0 aliphatic carbocycles. The Morgan fingerprint density at radius 2 is 1.09 bits per heavy atom. The molecule has 6 heteroatoms. The predicted octanol–water partition coefficient (Wildman–Crippen LogP) is 14.3. The largest absolute Gasteiger partial charge is 0.507 e. The molecule has 0 fully saturated rings. The van der Waals surface area contributed by atoms with Gasteiger partial charge >= 0.3 is 5.97 Å². The van der Waals surface area contributed by atoms with Gasteiger partial charge < -0.3 is 19.3 Å². The molecule has 0 saturated heterocycles. The summed E-state index contributed by atoms with van der Waals surface area (Å²) in [5.74, 6) is 0.944. The lowest BCUT2D eigenvalue weighted by atomic mass is 10.1. The van der Waals surface area contributed by atoms with Crippen LogP contribution in [0.4, 0.5) is 5.69 Å². The minimum Gasteiger partial charge on any atom is -0.507 e. The number of rotatable bonds is 31. The number of carbonyl (C=O) groups is 1. The van der Waals surface area contributed by atoms with Gasteiger partial charge in [0.1, 0.15) is 11.5 Å². The number of hydrogen-bond acceptors (Lipinski definition) is 6. The van der Waals surface area contributed by atoms with Crippen LogP contribution in [0.3, 0.4) is 0 Å². The van der Waals surface area contributed by atoms with Crippen LogP contribution in [0.15, 0.2) is 65.7 Å². The first-order valence-electron chi connectivity index (χ1n) is 21.6. The minimum absolute atomic E-state index is 0.0140. The van der Waals surface area contributed by atoms with Crippen molar-refractivity contribution in [3.8, 4) is 23.0 Å². The van der Waals surface area contributed by atoms with Crippen LogP contribution in [-0.2, 0) is 6.42 Å². The molecule has 3 aromatic carbocycles. The maximum Gasteiger partial charge on any atom is 0.343 e. The molecule has 0 saturated carbocycles. The first-order chi connectivity index (χ1) is 26.5. The van der Waals surface area contributed by atoms with Gasteiger partial charge in [0.25, 0.3) is 0 Å². The van der Waals surface area contributed by atoms with E-state index in [-0.39, 0.29) is 11.5 Å². The number of carbonyl (C=O) groups excluding carboxylic acids is 1. The second-order valence-corrected chi connectivity index (χ2v) is 14.9. The summed E-state index contributed by atoms with van der Waals surface area (Å²) in [5.41, 5.74) is 3.01. The van der Waals surface area contributed by atoms with Crippen LogP contribution < -0.4 is 14.2 Å². The summed E-state index contributed by atoms with van der Waals surface area (Å²) < 4.78 is 18.1. The summed E-state index contributed by atoms with van der Waals surface area (Å²) >= 11 is 0. The summed E-state index contributed by atoms with van der Waals surface area (Å²) in [6.45, 7) is 7.91. The van der Waals surface area contributed by atoms with Gasteiger partial charge in [-0.2, -0.15) is 0 Å². The number of hydrogen-bond donors (Lipinski definition) is 1. The van der Waals surface area contributed by atoms with Crippen LogP contribution >= 0.6 is 0 Å². The monoisotopic (exact) mass is 742 g/mol. The molecular weight excluding hydrogens is 671 g/mol. The lowest BCUT2D eigenvalue weighted by Crippen LogP contribution is -2.10. The number of aliphatic imine (C=N–C) groups is 1. The van der Waals surface area contributed by atoms with Crippen LogP contribution in [0.5, 0.6) is 23.0 Å². The zero-order chi connectivity index (χ0) is 38.5. The van der Waals surface area contributed by atoms with Gasteiger partial charge in [-0.3, -0.25) is 4.99 Å². The summed E-state index contributed by atoms with van der Waals surface area (Å²) in [7, 11) is 0. The van der Waals surface area contributed by atoms with Crippen LogP contribution in [-0.4, -0.2) is 30.5 Å². The normalized spacial score (nSPS) is 11.3. The Hall–Kier alpha value is -3.80. The van der Waals surface area contributed by atoms with E-state index in [2.05, 4.69) is 37.9 Å². The molecule has 0 atom stereocenters. The van der Waals surface area contributed by atoms with E-state index in [0.29, 0.717) is 35.8 Å². The van der Waals surface area contributed by atoms with E-state index >= 15 is 0 Å². The second kappa shape index (κ2) is 28.6. The molecule has 0 unspecified atom stereocenters. The number of phenolic OH excluding ortho intramolecular Hbond substituents is 1. The Balaban J connectivity index is 1.52. The molecule has 298 valence electrons. The van der Waals surface area contributed by atoms with Crippen molar-refractivity contribution in [2.75, 3.05) is 13.2 Å². The number of nitrogens with zero attached hydrogens (tertiary/aromatic N) is 1. The molecule has 54 heavy (non-hydrogen) atoms. The Morgan fingerprint density at radius 1 is 0.574 bits per heavy atom. The van der Waals surface area contributed by atoms with Gasteiger partial charge in [0.05, 0.1) is 24.5 Å². The highest BCUT2D eigenvalue weighted by atomic mass is 16.5. The molecule has 3 rings (SSSR count). The second-order valence-electron chi connectivity index (χ2n) is 14.9. The maximum absolute atomic E-state index is 13.3. The van der Waals surface area contributed by atoms with E-state index in [0.717, 1.165) is 37.8 Å². The number of ether oxygens (including phenoxy) is 3. The fourth-order valence-corrected chi connectivity index (χ4v) is 6.55. The van der Waals surface area contributed by atoms with Crippen molar-refractivity contribution in [2.24, 2.45) is 4.99 Å². The van der Waals surface area contributed by atoms with Gasteiger partial charge in [-0.05, 0) is 73.7 Å². The number of benzene rings is 3. The molecule has 1 N–H and O–H groups in total. The van der Waals surface area contributed by atoms with Gasteiger partial charge in [-0.25, -0.2) is 4.79 Å². The molecule has 0 aromatic heterocycles. The Kier molecular flexibility index (Phi) is 23.6. The standard InChI is InChI=1S/C48H71NO5/c1-4-7-10-12-14-16-18-20-22-24-35-52-46-34-30-41(37-47(46)53-36-25-23-21-19-17-15-13-11-8-5-2)48(51)54-44-33-29-42(45(50)38-44)39-49-43-31-27-40(28-32-43)26-9-6-3/h27-34,37-39,50H,4-26,35-36H2,1-3H3. The third-order valence-corrected chi connectivity index (χ3v) is 10.0. The van der Waals surface area contributed by atoms with Crippen LogP contribution in [0.25, 0.3) is 0 Å². The number of esters is 1. The maximum atomic E-state index is 13.3. The van der Waals surface area contributed by atoms with Crippen molar-refractivity contribution in [2.45, 2.75) is 168 Å². The zero-order valence-electron chi connectivity index (χ0n) is 34.1. The lowest BCUT2D eigenvalue weighted by Gasteiger charge is -2.14. The van der Waals surface area contributed by atoms with Crippen molar-refractivity contribution >= 4 is 17.9 Å². The predicted molar refractivity (Wildman–Crippen MR) is 226 cm³/mol. The highest BCUT2D eigenvalue weighted by Gasteiger charge is 2.15. The topological polar surface area (TPSA) is 77.4 Å². The first-order valence-corrected chi connectivity index (χ1v) is 21.6. The lowest BCUT2D eigenvalue weighted by molar-refractivity contribution is 0.0734. The van der Waals surface area contributed by atoms with E-state index in [1.165, 1.54) is 127 Å². The quantitative estimate of drug-likeness (QED) is 0.0307. The van der Waals surface area contributed by atoms with Gasteiger partial charge in [0, 0.05) is 17.8 Å². The SMILES string of the molecule is CCCCCCCCCCCCOc1ccc(C(=O)Oc2ccc(C=Nc3ccc(CCCC)cc3)c(O)c2)cc1OCCCCCCCCCCCC. The van der Waals surface area contributed by atoms with Gasteiger partial charge in [0.2, 0.25) is 0 Å². The summed E-state index contributed by atoms with van der Waals surface area (Å²) in [5, 5.41) is 10.7. The van der Waals surface area contributed by atoms with Crippen LogP contribution in [0.1, 0.15) is 184 Å². The van der Waals surface area contributed by atoms with Crippen molar-refractivity contribution in [3.05, 3.63) is 77.4 Å². The van der Waals surface area contributed by atoms with Crippen molar-refractivity contribution in [1.82, 2.24) is 0 Å². The van der Waals surface area contributed by atoms with Gasteiger partial charge in [-0.15, -0.1) is 0 Å². The van der Waals surface area contributed by atoms with Gasteiger partial charge in [-0.1, -0.05) is 155 Å². The molecule has 0 heterocycles. The van der Waals surface area contributed by atoms with E-state index in [9.17, 15) is 9.90 Å². The zero-order valence-corrected chi connectivity index (χ0v) is 34.1. The molecule has 0 amide bonds. The molecule has 0 spiro atoms. The number of aromatic hydroxyl groups is 1. The van der Waals surface area contributed by atoms with Crippen molar-refractivity contribution in [3.63, 3.8) is 0 Å². The highest BCUT2D eigenvalue weighted by molar-refractivity contribution is 5.92. The fraction of sp³-hybridized carbons (Fsp3) is 0.583. The third kappa shape index (κ3) is 19.0. The van der Waals surface area contributed by atoms with E-state index in [1.54, 1.807) is 30.5 Å². The molecule has 0 radical (unpaired) electrons. The summed E-state index contributed by atoms with van der Waals surface area (Å²) in [6.07, 6.45) is 30.3. The molecule has 0 bridgehead atoms. The molecule has 6 nitrogen and oxygen atoms in total. The smallest absolute Gasteiger partial charge is 0.343 e. The average molecular weight is 742 g/mol. The highest BCUT2D eigenvalue weighted by Crippen LogP contribution is 2.31. The molecule has 3 aromatic rings. The Labute approximate surface area is 328 Å². The number of unbranched alkanes of at least 4 members (excludes halogenated alkanes) is 19. The van der Waals surface area contributed by atoms with Crippen LogP contribution in [0, 0.1) is 0 Å². The minimum atomic E-state index is -0.524. The summed E-state index contributed by atoms with van der Waals surface area (Å²) in [4.78, 5) is 17.8. The van der Waals surface area contributed by atoms with E-state index < -0.39 is 5.97 Å². The number of phenols is 1.